The smallest absolute Gasteiger partial charge is 0.137 e. The molecule has 0 saturated carbocycles. The molecule has 0 fully saturated rings. The summed E-state index contributed by atoms with van der Waals surface area (Å²) in [7, 11) is 0. The highest BCUT2D eigenvalue weighted by atomic mass is 79.9. The van der Waals surface area contributed by atoms with Gasteiger partial charge in [0.1, 0.15) is 17.7 Å². The Morgan fingerprint density at radius 2 is 2.12 bits per heavy atom. The number of hydrogen-bond acceptors (Lipinski definition) is 3. The molecule has 84 valence electrons. The lowest BCUT2D eigenvalue weighted by atomic mass is 10.3. The van der Waals surface area contributed by atoms with Crippen molar-refractivity contribution in [1.29, 1.82) is 5.26 Å². The van der Waals surface area contributed by atoms with E-state index in [0.717, 1.165) is 5.69 Å². The predicted molar refractivity (Wildman–Crippen MR) is 66.3 cm³/mol. The zero-order valence-corrected chi connectivity index (χ0v) is 10.2. The minimum atomic E-state index is -0.316. The fourth-order valence-electron chi connectivity index (χ4n) is 1.26. The highest BCUT2D eigenvalue weighted by molar-refractivity contribution is 9.10. The molecule has 17 heavy (non-hydrogen) atoms. The number of rotatable bonds is 2. The van der Waals surface area contributed by atoms with E-state index in [0.29, 0.717) is 15.9 Å². The first-order valence-corrected chi connectivity index (χ1v) is 5.56. The first-order chi connectivity index (χ1) is 8.19. The fraction of sp³-hybridized carbons (Fsp3) is 0. The standard InChI is InChI=1S/C12H7BrFN3/c13-10-5-9(2-3-11(10)14)17-12-4-1-8(6-15)7-16-12/h1-5,7H,(H,16,17). The molecule has 1 N–H and O–H groups in total. The van der Waals surface area contributed by atoms with E-state index < -0.39 is 0 Å². The fourth-order valence-corrected chi connectivity index (χ4v) is 1.63. The third kappa shape index (κ3) is 2.80. The van der Waals surface area contributed by atoms with Crippen molar-refractivity contribution < 1.29 is 4.39 Å². The maximum atomic E-state index is 13.0. The van der Waals surface area contributed by atoms with Crippen LogP contribution >= 0.6 is 15.9 Å². The Labute approximate surface area is 106 Å². The van der Waals surface area contributed by atoms with Crippen molar-refractivity contribution in [1.82, 2.24) is 4.98 Å². The van der Waals surface area contributed by atoms with Gasteiger partial charge in [0.15, 0.2) is 0 Å². The van der Waals surface area contributed by atoms with E-state index in [1.165, 1.54) is 12.3 Å². The average molecular weight is 292 g/mol. The van der Waals surface area contributed by atoms with E-state index in [1.54, 1.807) is 24.3 Å². The average Bonchev–Trinajstić information content (AvgIpc) is 2.35. The second-order valence-corrected chi connectivity index (χ2v) is 4.15. The number of nitrogens with one attached hydrogen (secondary N) is 1. The zero-order valence-electron chi connectivity index (χ0n) is 8.61. The van der Waals surface area contributed by atoms with Crippen LogP contribution in [-0.4, -0.2) is 4.98 Å². The van der Waals surface area contributed by atoms with Crippen LogP contribution in [0.4, 0.5) is 15.9 Å². The topological polar surface area (TPSA) is 48.7 Å². The third-order valence-corrected chi connectivity index (χ3v) is 2.69. The number of benzene rings is 1. The number of nitriles is 1. The minimum absolute atomic E-state index is 0.316. The molecule has 0 radical (unpaired) electrons. The zero-order chi connectivity index (χ0) is 12.3. The van der Waals surface area contributed by atoms with Gasteiger partial charge in [-0.2, -0.15) is 5.26 Å². The number of anilines is 2. The molecule has 5 heteroatoms. The molecule has 0 unspecified atom stereocenters. The first-order valence-electron chi connectivity index (χ1n) is 4.77. The summed E-state index contributed by atoms with van der Waals surface area (Å²) in [6.07, 6.45) is 1.47. The summed E-state index contributed by atoms with van der Waals surface area (Å²) in [4.78, 5) is 4.05. The van der Waals surface area contributed by atoms with E-state index in [9.17, 15) is 4.39 Å². The molecule has 3 nitrogen and oxygen atoms in total. The molecule has 0 atom stereocenters. The Bertz CT molecular complexity index is 575. The Hall–Kier alpha value is -1.93. The van der Waals surface area contributed by atoms with Gasteiger partial charge in [-0.1, -0.05) is 0 Å². The summed E-state index contributed by atoms with van der Waals surface area (Å²) in [6, 6.07) is 9.93. The van der Waals surface area contributed by atoms with Gasteiger partial charge in [0, 0.05) is 11.9 Å². The van der Waals surface area contributed by atoms with Crippen LogP contribution in [0.1, 0.15) is 5.56 Å². The Morgan fingerprint density at radius 1 is 1.29 bits per heavy atom. The van der Waals surface area contributed by atoms with Crippen molar-refractivity contribution in [2.75, 3.05) is 5.32 Å². The Morgan fingerprint density at radius 3 is 2.71 bits per heavy atom. The molecular weight excluding hydrogens is 285 g/mol. The summed E-state index contributed by atoms with van der Waals surface area (Å²) < 4.78 is 13.4. The number of halogens is 2. The largest absolute Gasteiger partial charge is 0.340 e. The highest BCUT2D eigenvalue weighted by Crippen LogP contribution is 2.22. The quantitative estimate of drug-likeness (QED) is 0.920. The van der Waals surface area contributed by atoms with E-state index in [1.807, 2.05) is 6.07 Å². The van der Waals surface area contributed by atoms with Crippen LogP contribution in [0.3, 0.4) is 0 Å². The molecule has 2 rings (SSSR count). The monoisotopic (exact) mass is 291 g/mol. The molecule has 1 heterocycles. The van der Waals surface area contributed by atoms with Crippen LogP contribution in [-0.2, 0) is 0 Å². The molecule has 0 bridgehead atoms. The SMILES string of the molecule is N#Cc1ccc(Nc2ccc(F)c(Br)c2)nc1. The summed E-state index contributed by atoms with van der Waals surface area (Å²) in [5.41, 5.74) is 1.21. The number of aromatic nitrogens is 1. The lowest BCUT2D eigenvalue weighted by molar-refractivity contribution is 0.621. The van der Waals surface area contributed by atoms with Crippen LogP contribution < -0.4 is 5.32 Å². The molecule has 1 aromatic carbocycles. The van der Waals surface area contributed by atoms with E-state index in [2.05, 4.69) is 26.2 Å². The summed E-state index contributed by atoms with van der Waals surface area (Å²) in [6.45, 7) is 0. The maximum Gasteiger partial charge on any atom is 0.137 e. The van der Waals surface area contributed by atoms with Crippen LogP contribution in [0.2, 0.25) is 0 Å². The Balaban J connectivity index is 2.20. The molecule has 1 aromatic heterocycles. The van der Waals surface area contributed by atoms with Crippen LogP contribution in [0.5, 0.6) is 0 Å². The van der Waals surface area contributed by atoms with Gasteiger partial charge in [0.25, 0.3) is 0 Å². The predicted octanol–water partition coefficient (Wildman–Crippen LogP) is 3.60. The molecule has 0 amide bonds. The van der Waals surface area contributed by atoms with Gasteiger partial charge in [-0.25, -0.2) is 9.37 Å². The third-order valence-electron chi connectivity index (χ3n) is 2.08. The van der Waals surface area contributed by atoms with Crippen molar-refractivity contribution >= 4 is 27.4 Å². The van der Waals surface area contributed by atoms with Gasteiger partial charge >= 0.3 is 0 Å². The summed E-state index contributed by atoms with van der Waals surface area (Å²) in [5, 5.41) is 11.6. The van der Waals surface area contributed by atoms with Crippen LogP contribution in [0, 0.1) is 17.1 Å². The van der Waals surface area contributed by atoms with Gasteiger partial charge in [0.2, 0.25) is 0 Å². The Kier molecular flexibility index (Phi) is 3.35. The van der Waals surface area contributed by atoms with Gasteiger partial charge in [-0.15, -0.1) is 0 Å². The summed E-state index contributed by atoms with van der Waals surface area (Å²) in [5.74, 6) is 0.283. The van der Waals surface area contributed by atoms with Crippen molar-refractivity contribution in [3.8, 4) is 6.07 Å². The summed E-state index contributed by atoms with van der Waals surface area (Å²) >= 11 is 3.10. The van der Waals surface area contributed by atoms with Gasteiger partial charge in [-0.3, -0.25) is 0 Å². The van der Waals surface area contributed by atoms with E-state index in [4.69, 9.17) is 5.26 Å². The molecular formula is C12H7BrFN3. The maximum absolute atomic E-state index is 13.0. The molecule has 0 saturated heterocycles. The molecule has 2 aromatic rings. The van der Waals surface area contributed by atoms with E-state index >= 15 is 0 Å². The van der Waals surface area contributed by atoms with Gasteiger partial charge < -0.3 is 5.32 Å². The lowest BCUT2D eigenvalue weighted by Crippen LogP contribution is -1.94. The van der Waals surface area contributed by atoms with Crippen molar-refractivity contribution in [2.45, 2.75) is 0 Å². The molecule has 0 aliphatic heterocycles. The first kappa shape index (κ1) is 11.6. The molecule has 0 aliphatic rings. The molecule has 0 aliphatic carbocycles. The van der Waals surface area contributed by atoms with Crippen LogP contribution in [0.15, 0.2) is 41.0 Å². The number of hydrogen-bond donors (Lipinski definition) is 1. The van der Waals surface area contributed by atoms with Crippen molar-refractivity contribution in [3.05, 3.63) is 52.4 Å². The van der Waals surface area contributed by atoms with Crippen LogP contribution in [0.25, 0.3) is 0 Å². The second kappa shape index (κ2) is 4.93. The van der Waals surface area contributed by atoms with Crippen molar-refractivity contribution in [3.63, 3.8) is 0 Å². The normalized spacial score (nSPS) is 9.71. The molecule has 0 spiro atoms. The number of nitrogens with zero attached hydrogens (tertiary/aromatic N) is 2. The minimum Gasteiger partial charge on any atom is -0.340 e. The van der Waals surface area contributed by atoms with Gasteiger partial charge in [0.05, 0.1) is 10.0 Å². The van der Waals surface area contributed by atoms with Gasteiger partial charge in [-0.05, 0) is 46.3 Å². The highest BCUT2D eigenvalue weighted by Gasteiger charge is 2.01. The van der Waals surface area contributed by atoms with Crippen molar-refractivity contribution in [2.24, 2.45) is 0 Å². The second-order valence-electron chi connectivity index (χ2n) is 3.30. The lowest BCUT2D eigenvalue weighted by Gasteiger charge is -2.06. The number of pyridine rings is 1. The van der Waals surface area contributed by atoms with E-state index in [-0.39, 0.29) is 5.82 Å².